The van der Waals surface area contributed by atoms with E-state index >= 15 is 0 Å². The summed E-state index contributed by atoms with van der Waals surface area (Å²) in [5.41, 5.74) is 2.43. The second kappa shape index (κ2) is 5.32. The molecule has 0 aliphatic heterocycles. The first-order valence-electron chi connectivity index (χ1n) is 5.09. The highest BCUT2D eigenvalue weighted by Gasteiger charge is 2.01. The lowest BCUT2D eigenvalue weighted by atomic mass is 10.1. The fourth-order valence-corrected chi connectivity index (χ4v) is 2.30. The maximum Gasteiger partial charge on any atom is 0.184 e. The Kier molecular flexibility index (Phi) is 3.79. The van der Waals surface area contributed by atoms with Gasteiger partial charge in [-0.2, -0.15) is 5.10 Å². The van der Waals surface area contributed by atoms with Gasteiger partial charge in [0.2, 0.25) is 0 Å². The third-order valence-electron chi connectivity index (χ3n) is 2.31. The molecular weight excluding hydrogens is 244 g/mol. The van der Waals surface area contributed by atoms with Gasteiger partial charge < -0.3 is 5.32 Å². The van der Waals surface area contributed by atoms with Gasteiger partial charge in [-0.25, -0.2) is 4.98 Å². The molecule has 0 aliphatic rings. The number of thiazole rings is 1. The van der Waals surface area contributed by atoms with Crippen LogP contribution in [0.5, 0.6) is 0 Å². The van der Waals surface area contributed by atoms with Gasteiger partial charge in [-0.1, -0.05) is 11.6 Å². The van der Waals surface area contributed by atoms with Gasteiger partial charge in [0, 0.05) is 17.6 Å². The minimum atomic E-state index is 0.554. The van der Waals surface area contributed by atoms with Gasteiger partial charge >= 0.3 is 0 Å². The lowest BCUT2D eigenvalue weighted by molar-refractivity contribution is 0.856. The summed E-state index contributed by atoms with van der Waals surface area (Å²) in [7, 11) is 0. The van der Waals surface area contributed by atoms with Crippen molar-refractivity contribution in [1.82, 2.24) is 15.2 Å². The van der Waals surface area contributed by atoms with Gasteiger partial charge in [-0.15, -0.1) is 11.3 Å². The van der Waals surface area contributed by atoms with E-state index < -0.39 is 0 Å². The molecule has 6 heteroatoms. The lowest BCUT2D eigenvalue weighted by Crippen LogP contribution is -2.02. The SMILES string of the molecule is Cc1[nH]ncc1CCCNc1nc(Cl)cs1. The van der Waals surface area contributed by atoms with Gasteiger partial charge in [-0.3, -0.25) is 5.10 Å². The average molecular weight is 257 g/mol. The standard InChI is InChI=1S/C10H13ClN4S/c1-7-8(5-13-15-7)3-2-4-12-10-14-9(11)6-16-10/h5-6H,2-4H2,1H3,(H,12,14)(H,13,15). The Morgan fingerprint density at radius 2 is 2.44 bits per heavy atom. The number of anilines is 1. The van der Waals surface area contributed by atoms with E-state index in [0.29, 0.717) is 5.15 Å². The van der Waals surface area contributed by atoms with Crippen LogP contribution in [0.25, 0.3) is 0 Å². The topological polar surface area (TPSA) is 53.6 Å². The molecule has 0 bridgehead atoms. The van der Waals surface area contributed by atoms with Crippen LogP contribution in [0.4, 0.5) is 5.13 Å². The van der Waals surface area contributed by atoms with Crippen LogP contribution in [0, 0.1) is 6.92 Å². The Morgan fingerprint density at radius 3 is 3.06 bits per heavy atom. The quantitative estimate of drug-likeness (QED) is 0.809. The number of H-pyrrole nitrogens is 1. The molecule has 86 valence electrons. The van der Waals surface area contributed by atoms with Crippen LogP contribution in [0.3, 0.4) is 0 Å². The molecule has 0 amide bonds. The highest BCUT2D eigenvalue weighted by Crippen LogP contribution is 2.18. The summed E-state index contributed by atoms with van der Waals surface area (Å²) in [5.74, 6) is 0. The van der Waals surface area contributed by atoms with Crippen molar-refractivity contribution in [3.63, 3.8) is 0 Å². The maximum atomic E-state index is 5.72. The molecular formula is C10H13ClN4S. The molecule has 0 fully saturated rings. The fraction of sp³-hybridized carbons (Fsp3) is 0.400. The Labute approximate surface area is 103 Å². The fourth-order valence-electron chi connectivity index (χ4n) is 1.44. The van der Waals surface area contributed by atoms with E-state index in [4.69, 9.17) is 11.6 Å². The zero-order valence-corrected chi connectivity index (χ0v) is 10.5. The van der Waals surface area contributed by atoms with Crippen molar-refractivity contribution in [1.29, 1.82) is 0 Å². The first-order chi connectivity index (χ1) is 7.75. The Morgan fingerprint density at radius 1 is 1.56 bits per heavy atom. The molecule has 0 radical (unpaired) electrons. The Balaban J connectivity index is 1.71. The molecule has 0 saturated heterocycles. The Bertz CT molecular complexity index is 451. The summed E-state index contributed by atoms with van der Waals surface area (Å²) in [6.07, 6.45) is 3.96. The third kappa shape index (κ3) is 2.96. The molecule has 0 unspecified atom stereocenters. The molecule has 0 aliphatic carbocycles. The van der Waals surface area contributed by atoms with Crippen LogP contribution in [0.15, 0.2) is 11.6 Å². The largest absolute Gasteiger partial charge is 0.361 e. The highest BCUT2D eigenvalue weighted by molar-refractivity contribution is 7.14. The molecule has 2 aromatic rings. The number of hydrogen-bond acceptors (Lipinski definition) is 4. The summed E-state index contributed by atoms with van der Waals surface area (Å²) in [4.78, 5) is 4.12. The van der Waals surface area contributed by atoms with Crippen LogP contribution < -0.4 is 5.32 Å². The van der Waals surface area contributed by atoms with Gasteiger partial charge in [0.25, 0.3) is 0 Å². The predicted octanol–water partition coefficient (Wildman–Crippen LogP) is 2.87. The molecule has 0 saturated carbocycles. The first-order valence-corrected chi connectivity index (χ1v) is 6.35. The number of aromatic nitrogens is 3. The summed E-state index contributed by atoms with van der Waals surface area (Å²) in [6, 6.07) is 0. The van der Waals surface area contributed by atoms with Crippen LogP contribution >= 0.6 is 22.9 Å². The maximum absolute atomic E-state index is 5.72. The van der Waals surface area contributed by atoms with E-state index in [0.717, 1.165) is 30.2 Å². The molecule has 2 aromatic heterocycles. The zero-order chi connectivity index (χ0) is 11.4. The van der Waals surface area contributed by atoms with Crippen molar-refractivity contribution in [3.8, 4) is 0 Å². The number of rotatable bonds is 5. The minimum absolute atomic E-state index is 0.554. The van der Waals surface area contributed by atoms with Crippen molar-refractivity contribution < 1.29 is 0 Å². The average Bonchev–Trinajstić information content (AvgIpc) is 2.83. The van der Waals surface area contributed by atoms with Crippen molar-refractivity contribution >= 4 is 28.1 Å². The monoisotopic (exact) mass is 256 g/mol. The van der Waals surface area contributed by atoms with E-state index in [2.05, 4.69) is 20.5 Å². The van der Waals surface area contributed by atoms with Gasteiger partial charge in [0.05, 0.1) is 6.20 Å². The van der Waals surface area contributed by atoms with E-state index in [1.165, 1.54) is 16.9 Å². The number of nitrogens with zero attached hydrogens (tertiary/aromatic N) is 2. The van der Waals surface area contributed by atoms with Crippen molar-refractivity contribution in [2.75, 3.05) is 11.9 Å². The molecule has 2 N–H and O–H groups in total. The van der Waals surface area contributed by atoms with Gasteiger partial charge in [-0.05, 0) is 25.3 Å². The summed E-state index contributed by atoms with van der Waals surface area (Å²) < 4.78 is 0. The minimum Gasteiger partial charge on any atom is -0.361 e. The molecule has 2 rings (SSSR count). The third-order valence-corrected chi connectivity index (χ3v) is 3.43. The number of aromatic amines is 1. The first kappa shape index (κ1) is 11.4. The zero-order valence-electron chi connectivity index (χ0n) is 8.96. The number of nitrogens with one attached hydrogen (secondary N) is 2. The van der Waals surface area contributed by atoms with Crippen molar-refractivity contribution in [3.05, 3.63) is 28.0 Å². The second-order valence-electron chi connectivity index (χ2n) is 3.53. The van der Waals surface area contributed by atoms with Crippen LogP contribution in [-0.4, -0.2) is 21.7 Å². The Hall–Kier alpha value is -1.07. The molecule has 0 spiro atoms. The van der Waals surface area contributed by atoms with Crippen LogP contribution in [-0.2, 0) is 6.42 Å². The van der Waals surface area contributed by atoms with Gasteiger partial charge in [0.1, 0.15) is 5.15 Å². The van der Waals surface area contributed by atoms with E-state index in [1.54, 1.807) is 0 Å². The van der Waals surface area contributed by atoms with Gasteiger partial charge in [0.15, 0.2) is 5.13 Å². The molecule has 0 atom stereocenters. The summed E-state index contributed by atoms with van der Waals surface area (Å²) >= 11 is 7.25. The molecule has 0 aromatic carbocycles. The van der Waals surface area contributed by atoms with Crippen LogP contribution in [0.2, 0.25) is 5.15 Å². The number of hydrogen-bond donors (Lipinski definition) is 2. The lowest BCUT2D eigenvalue weighted by Gasteiger charge is -2.01. The molecule has 16 heavy (non-hydrogen) atoms. The number of halogens is 1. The summed E-state index contributed by atoms with van der Waals surface area (Å²) in [6.45, 7) is 2.94. The van der Waals surface area contributed by atoms with Crippen molar-refractivity contribution in [2.45, 2.75) is 19.8 Å². The van der Waals surface area contributed by atoms with Crippen molar-refractivity contribution in [2.24, 2.45) is 0 Å². The van der Waals surface area contributed by atoms with Crippen LogP contribution in [0.1, 0.15) is 17.7 Å². The summed E-state index contributed by atoms with van der Waals surface area (Å²) in [5, 5.41) is 13.4. The molecule has 4 nitrogen and oxygen atoms in total. The van der Waals surface area contributed by atoms with E-state index in [9.17, 15) is 0 Å². The highest BCUT2D eigenvalue weighted by atomic mass is 35.5. The molecule has 2 heterocycles. The predicted molar refractivity (Wildman–Crippen MR) is 67.3 cm³/mol. The van der Waals surface area contributed by atoms with E-state index in [-0.39, 0.29) is 0 Å². The smallest absolute Gasteiger partial charge is 0.184 e. The second-order valence-corrected chi connectivity index (χ2v) is 4.77. The normalized spacial score (nSPS) is 10.6. The number of aryl methyl sites for hydroxylation is 2. The van der Waals surface area contributed by atoms with E-state index in [1.807, 2.05) is 18.5 Å².